The van der Waals surface area contributed by atoms with Crippen LogP contribution in [0.3, 0.4) is 0 Å². The van der Waals surface area contributed by atoms with E-state index in [1.165, 1.54) is 28.0 Å². The fourth-order valence-corrected chi connectivity index (χ4v) is 4.89. The molecule has 0 bridgehead atoms. The first kappa shape index (κ1) is 20.7. The zero-order valence-corrected chi connectivity index (χ0v) is 18.3. The first-order valence-corrected chi connectivity index (χ1v) is 11.4. The first-order chi connectivity index (χ1) is 15.2. The van der Waals surface area contributed by atoms with Gasteiger partial charge in [-0.15, -0.1) is 0 Å². The van der Waals surface area contributed by atoms with E-state index in [9.17, 15) is 5.02 Å². The molecule has 0 unspecified atom stereocenters. The molecule has 0 radical (unpaired) electrons. The Balaban J connectivity index is 1.30. The van der Waals surface area contributed by atoms with Gasteiger partial charge in [-0.2, -0.15) is 0 Å². The van der Waals surface area contributed by atoms with Crippen molar-refractivity contribution in [3.05, 3.63) is 53.2 Å². The standard InChI is InChI=1S/C24H31BN4O2/c1-25(30)29-10-8-28(9-11-29)22-4-2-20(3-5-22)24-23-17-19(16-21(23)6-7-26-24)18-27-12-14-31-15-13-27/h2-7,17,30H,8-16,18H2,1H3. The van der Waals surface area contributed by atoms with E-state index in [2.05, 4.69) is 51.0 Å². The zero-order valence-electron chi connectivity index (χ0n) is 18.3. The molecule has 7 heteroatoms. The minimum absolute atomic E-state index is 0.364. The Morgan fingerprint density at radius 1 is 1.00 bits per heavy atom. The number of morpholine rings is 1. The van der Waals surface area contributed by atoms with Gasteiger partial charge < -0.3 is 19.5 Å². The minimum Gasteiger partial charge on any atom is -0.437 e. The summed E-state index contributed by atoms with van der Waals surface area (Å²) in [6, 6.07) is 11.0. The highest BCUT2D eigenvalue weighted by atomic mass is 16.5. The van der Waals surface area contributed by atoms with Crippen molar-refractivity contribution in [3.8, 4) is 11.3 Å². The highest BCUT2D eigenvalue weighted by Crippen LogP contribution is 2.33. The Hall–Kier alpha value is -2.19. The fourth-order valence-electron chi connectivity index (χ4n) is 4.89. The maximum atomic E-state index is 9.77. The molecular formula is C24H31BN4O2. The van der Waals surface area contributed by atoms with Crippen molar-refractivity contribution in [2.24, 2.45) is 0 Å². The van der Waals surface area contributed by atoms with Gasteiger partial charge in [0.15, 0.2) is 0 Å². The summed E-state index contributed by atoms with van der Waals surface area (Å²) < 4.78 is 5.48. The zero-order chi connectivity index (χ0) is 21.2. The second-order valence-corrected chi connectivity index (χ2v) is 8.80. The average Bonchev–Trinajstić information content (AvgIpc) is 3.22. The number of anilines is 1. The van der Waals surface area contributed by atoms with E-state index in [4.69, 9.17) is 9.72 Å². The third-order valence-electron chi connectivity index (χ3n) is 6.73. The molecule has 2 aliphatic heterocycles. The van der Waals surface area contributed by atoms with Gasteiger partial charge in [-0.3, -0.25) is 9.88 Å². The second kappa shape index (κ2) is 9.13. The van der Waals surface area contributed by atoms with Crippen molar-refractivity contribution in [1.29, 1.82) is 0 Å². The Morgan fingerprint density at radius 2 is 1.74 bits per heavy atom. The quantitative estimate of drug-likeness (QED) is 0.752. The molecule has 6 nitrogen and oxygen atoms in total. The molecular weight excluding hydrogens is 387 g/mol. The van der Waals surface area contributed by atoms with E-state index in [-0.39, 0.29) is 7.05 Å². The van der Waals surface area contributed by atoms with Crippen LogP contribution in [0, 0.1) is 0 Å². The van der Waals surface area contributed by atoms with Gasteiger partial charge >= 0.3 is 7.05 Å². The molecule has 3 heterocycles. The molecule has 0 amide bonds. The lowest BCUT2D eigenvalue weighted by molar-refractivity contribution is 0.0422. The number of aromatic nitrogens is 1. The van der Waals surface area contributed by atoms with E-state index in [0.717, 1.165) is 71.1 Å². The van der Waals surface area contributed by atoms with Gasteiger partial charge in [0.2, 0.25) is 0 Å². The highest BCUT2D eigenvalue weighted by molar-refractivity contribution is 6.45. The van der Waals surface area contributed by atoms with Gasteiger partial charge in [-0.25, -0.2) is 0 Å². The third-order valence-corrected chi connectivity index (χ3v) is 6.73. The number of hydrogen-bond donors (Lipinski definition) is 1. The average molecular weight is 418 g/mol. The van der Waals surface area contributed by atoms with Crippen molar-refractivity contribution in [2.75, 3.05) is 63.9 Å². The van der Waals surface area contributed by atoms with Gasteiger partial charge in [0.1, 0.15) is 0 Å². The topological polar surface area (TPSA) is 52.1 Å². The summed E-state index contributed by atoms with van der Waals surface area (Å²) in [6.07, 6.45) is 5.33. The molecule has 0 spiro atoms. The lowest BCUT2D eigenvalue weighted by Crippen LogP contribution is -2.51. The Labute approximate surface area is 185 Å². The molecule has 1 aromatic heterocycles. The molecule has 0 atom stereocenters. The Bertz CT molecular complexity index is 933. The van der Waals surface area contributed by atoms with Gasteiger partial charge in [0.25, 0.3) is 0 Å². The van der Waals surface area contributed by atoms with Crippen LogP contribution < -0.4 is 4.90 Å². The summed E-state index contributed by atoms with van der Waals surface area (Å²) in [5.74, 6) is 0. The molecule has 3 aliphatic rings. The van der Waals surface area contributed by atoms with Crippen LogP contribution in [-0.2, 0) is 11.2 Å². The van der Waals surface area contributed by atoms with Crippen LogP contribution in [0.2, 0.25) is 6.82 Å². The molecule has 2 saturated heterocycles. The van der Waals surface area contributed by atoms with Gasteiger partial charge in [0, 0.05) is 68.8 Å². The van der Waals surface area contributed by atoms with Crippen LogP contribution in [0.1, 0.15) is 11.1 Å². The third kappa shape index (κ3) is 4.55. The molecule has 2 aromatic rings. The van der Waals surface area contributed by atoms with Crippen molar-refractivity contribution in [3.63, 3.8) is 0 Å². The van der Waals surface area contributed by atoms with Crippen LogP contribution >= 0.6 is 0 Å². The summed E-state index contributed by atoms with van der Waals surface area (Å²) in [7, 11) is -0.364. The number of nitrogens with zero attached hydrogens (tertiary/aromatic N) is 4. The lowest BCUT2D eigenvalue weighted by atomic mass is 9.84. The molecule has 1 aliphatic carbocycles. The largest absolute Gasteiger partial charge is 0.437 e. The summed E-state index contributed by atoms with van der Waals surface area (Å²) in [6.45, 7) is 10.3. The monoisotopic (exact) mass is 418 g/mol. The summed E-state index contributed by atoms with van der Waals surface area (Å²) >= 11 is 0. The summed E-state index contributed by atoms with van der Waals surface area (Å²) in [4.78, 5) is 11.7. The van der Waals surface area contributed by atoms with E-state index in [1.54, 1.807) is 0 Å². The number of benzene rings is 1. The van der Waals surface area contributed by atoms with Crippen LogP contribution in [0.5, 0.6) is 0 Å². The number of rotatable bonds is 5. The molecule has 0 saturated carbocycles. The number of piperazine rings is 1. The number of ether oxygens (including phenoxy) is 1. The molecule has 2 fully saturated rings. The first-order valence-electron chi connectivity index (χ1n) is 11.4. The molecule has 31 heavy (non-hydrogen) atoms. The molecule has 1 N–H and O–H groups in total. The fraction of sp³-hybridized carbons (Fsp3) is 0.458. The summed E-state index contributed by atoms with van der Waals surface area (Å²) in [5.41, 5.74) is 7.63. The van der Waals surface area contributed by atoms with Crippen LogP contribution in [0.4, 0.5) is 5.69 Å². The van der Waals surface area contributed by atoms with E-state index >= 15 is 0 Å². The molecule has 5 rings (SSSR count). The normalized spacial score (nSPS) is 19.9. The second-order valence-electron chi connectivity index (χ2n) is 8.80. The highest BCUT2D eigenvalue weighted by Gasteiger charge is 2.23. The SMILES string of the molecule is CB(O)N1CCN(c2ccc(-c3nccc4c3C=C(CN3CCOCC3)C4)cc2)CC1. The molecule has 162 valence electrons. The smallest absolute Gasteiger partial charge is 0.376 e. The van der Waals surface area contributed by atoms with Crippen molar-refractivity contribution in [2.45, 2.75) is 13.2 Å². The summed E-state index contributed by atoms with van der Waals surface area (Å²) in [5, 5.41) is 9.77. The minimum atomic E-state index is -0.364. The Morgan fingerprint density at radius 3 is 2.45 bits per heavy atom. The van der Waals surface area contributed by atoms with Gasteiger partial charge in [-0.1, -0.05) is 23.8 Å². The van der Waals surface area contributed by atoms with Crippen LogP contribution in [0.25, 0.3) is 17.3 Å². The lowest BCUT2D eigenvalue weighted by Gasteiger charge is -2.36. The molecule has 1 aromatic carbocycles. The number of fused-ring (bicyclic) bond motifs is 1. The predicted octanol–water partition coefficient (Wildman–Crippen LogP) is 2.25. The maximum Gasteiger partial charge on any atom is 0.376 e. The van der Waals surface area contributed by atoms with E-state index in [1.807, 2.05) is 13.0 Å². The van der Waals surface area contributed by atoms with Crippen molar-refractivity contribution >= 4 is 18.8 Å². The van der Waals surface area contributed by atoms with Gasteiger partial charge in [-0.05, 0) is 37.0 Å². The number of pyridine rings is 1. The van der Waals surface area contributed by atoms with Crippen molar-refractivity contribution in [1.82, 2.24) is 14.7 Å². The van der Waals surface area contributed by atoms with Crippen molar-refractivity contribution < 1.29 is 9.76 Å². The van der Waals surface area contributed by atoms with Gasteiger partial charge in [0.05, 0.1) is 18.9 Å². The maximum absolute atomic E-state index is 9.77. The van der Waals surface area contributed by atoms with E-state index in [0.29, 0.717) is 0 Å². The van der Waals surface area contributed by atoms with E-state index < -0.39 is 0 Å². The number of hydrogen-bond acceptors (Lipinski definition) is 6. The predicted molar refractivity (Wildman–Crippen MR) is 126 cm³/mol. The van der Waals surface area contributed by atoms with Crippen LogP contribution in [-0.4, -0.2) is 85.8 Å². The Kier molecular flexibility index (Phi) is 6.09. The van der Waals surface area contributed by atoms with Crippen LogP contribution in [0.15, 0.2) is 42.1 Å².